The summed E-state index contributed by atoms with van der Waals surface area (Å²) in [5.74, 6) is -2.31. The van der Waals surface area contributed by atoms with E-state index in [9.17, 15) is 19.4 Å². The van der Waals surface area contributed by atoms with Gasteiger partial charge < -0.3 is 4.74 Å². The summed E-state index contributed by atoms with van der Waals surface area (Å²) in [5.41, 5.74) is 0.730. The zero-order valence-corrected chi connectivity index (χ0v) is 10.7. The van der Waals surface area contributed by atoms with Crippen molar-refractivity contribution in [3.05, 3.63) is 35.9 Å². The maximum atomic E-state index is 12.1. The van der Waals surface area contributed by atoms with Crippen LogP contribution in [0.25, 0.3) is 0 Å². The van der Waals surface area contributed by atoms with Gasteiger partial charge in [-0.25, -0.2) is 0 Å². The highest BCUT2D eigenvalue weighted by molar-refractivity contribution is 8.45. The summed E-state index contributed by atoms with van der Waals surface area (Å²) < 4.78 is 65.3. The Labute approximate surface area is 107 Å². The van der Waals surface area contributed by atoms with Gasteiger partial charge in [0.1, 0.15) is 5.75 Å². The van der Waals surface area contributed by atoms with Gasteiger partial charge in [0.25, 0.3) is 10.2 Å². The lowest BCUT2D eigenvalue weighted by atomic mass is 10.2. The Morgan fingerprint density at radius 2 is 1.61 bits per heavy atom. The van der Waals surface area contributed by atoms with Crippen LogP contribution < -0.4 is 0 Å². The van der Waals surface area contributed by atoms with Gasteiger partial charge in [-0.3, -0.25) is 0 Å². The van der Waals surface area contributed by atoms with E-state index in [-0.39, 0.29) is 6.61 Å². The summed E-state index contributed by atoms with van der Waals surface area (Å²) in [6.07, 6.45) is 0. The van der Waals surface area contributed by atoms with Crippen molar-refractivity contribution >= 4 is 21.8 Å². The van der Waals surface area contributed by atoms with Crippen molar-refractivity contribution in [2.24, 2.45) is 0 Å². The van der Waals surface area contributed by atoms with E-state index in [4.69, 9.17) is 16.3 Å². The zero-order chi connectivity index (χ0) is 13.9. The smallest absolute Gasteiger partial charge is 0.287 e. The van der Waals surface area contributed by atoms with Gasteiger partial charge in [-0.05, 0) is 5.56 Å². The number of hydrogen-bond donors (Lipinski definition) is 0. The van der Waals surface area contributed by atoms with Crippen LogP contribution in [0.5, 0.6) is 0 Å². The van der Waals surface area contributed by atoms with Crippen LogP contribution in [-0.2, 0) is 11.3 Å². The zero-order valence-electron chi connectivity index (χ0n) is 9.17. The molecular weight excluding hydrogens is 299 g/mol. The van der Waals surface area contributed by atoms with Gasteiger partial charge in [-0.2, -0.15) is 0 Å². The van der Waals surface area contributed by atoms with Crippen LogP contribution in [0.2, 0.25) is 0 Å². The van der Waals surface area contributed by atoms with Gasteiger partial charge in [0.05, 0.1) is 18.6 Å². The Morgan fingerprint density at radius 1 is 1.06 bits per heavy atom. The average molecular weight is 311 g/mol. The SMILES string of the molecule is FS(F)(F)(F)(F)CC(Cl)COCc1ccccc1. The molecule has 0 amide bonds. The summed E-state index contributed by atoms with van der Waals surface area (Å²) in [6.45, 7) is -0.549. The number of halogens is 6. The molecular formula is C10H12ClF5OS. The monoisotopic (exact) mass is 310 g/mol. The van der Waals surface area contributed by atoms with E-state index in [2.05, 4.69) is 0 Å². The van der Waals surface area contributed by atoms with Crippen LogP contribution in [0.15, 0.2) is 30.3 Å². The highest BCUT2D eigenvalue weighted by Gasteiger charge is 2.64. The molecule has 0 aliphatic rings. The lowest BCUT2D eigenvalue weighted by Crippen LogP contribution is -2.23. The third-order valence-electron chi connectivity index (χ3n) is 1.91. The summed E-state index contributed by atoms with van der Waals surface area (Å²) in [7, 11) is -9.46. The maximum Gasteiger partial charge on any atom is 0.287 e. The molecule has 0 bridgehead atoms. The lowest BCUT2D eigenvalue weighted by Gasteiger charge is -2.41. The average Bonchev–Trinajstić information content (AvgIpc) is 2.14. The van der Waals surface area contributed by atoms with Gasteiger partial charge in [0.2, 0.25) is 0 Å². The van der Waals surface area contributed by atoms with Crippen LogP contribution >= 0.6 is 21.8 Å². The number of ether oxygens (including phenoxy) is 1. The Balaban J connectivity index is 2.37. The van der Waals surface area contributed by atoms with E-state index >= 15 is 0 Å². The van der Waals surface area contributed by atoms with Crippen molar-refractivity contribution in [1.29, 1.82) is 0 Å². The molecule has 18 heavy (non-hydrogen) atoms. The summed E-state index contributed by atoms with van der Waals surface area (Å²) in [4.78, 5) is 0. The Hall–Kier alpha value is -0.530. The molecule has 1 aromatic carbocycles. The van der Waals surface area contributed by atoms with Gasteiger partial charge in [0.15, 0.2) is 0 Å². The third kappa shape index (κ3) is 7.73. The lowest BCUT2D eigenvalue weighted by molar-refractivity contribution is 0.122. The molecule has 0 heterocycles. The van der Waals surface area contributed by atoms with E-state index in [1.165, 1.54) is 0 Å². The molecule has 0 aliphatic carbocycles. The normalized spacial score (nSPS) is 17.9. The minimum atomic E-state index is -9.46. The molecule has 0 aliphatic heterocycles. The highest BCUT2D eigenvalue weighted by Crippen LogP contribution is 2.97. The molecule has 0 saturated heterocycles. The molecule has 106 valence electrons. The van der Waals surface area contributed by atoms with Crippen molar-refractivity contribution in [1.82, 2.24) is 0 Å². The van der Waals surface area contributed by atoms with Crippen molar-refractivity contribution in [2.45, 2.75) is 12.0 Å². The quantitative estimate of drug-likeness (QED) is 0.524. The maximum absolute atomic E-state index is 12.1. The minimum Gasteiger partial charge on any atom is -0.375 e. The van der Waals surface area contributed by atoms with Crippen LogP contribution in [-0.4, -0.2) is 17.7 Å². The second-order valence-electron chi connectivity index (χ2n) is 3.89. The topological polar surface area (TPSA) is 9.23 Å². The molecule has 0 aromatic heterocycles. The Morgan fingerprint density at radius 3 is 2.11 bits per heavy atom. The Bertz CT molecular complexity index is 393. The van der Waals surface area contributed by atoms with Crippen LogP contribution in [0, 0.1) is 0 Å². The first-order valence-corrected chi connectivity index (χ1v) is 7.49. The molecule has 1 unspecified atom stereocenters. The molecule has 1 aromatic rings. The fourth-order valence-electron chi connectivity index (χ4n) is 1.27. The van der Waals surface area contributed by atoms with Crippen molar-refractivity contribution in [2.75, 3.05) is 12.4 Å². The predicted molar refractivity (Wildman–Crippen MR) is 63.7 cm³/mol. The van der Waals surface area contributed by atoms with Crippen molar-refractivity contribution in [3.63, 3.8) is 0 Å². The van der Waals surface area contributed by atoms with Crippen LogP contribution in [0.1, 0.15) is 5.56 Å². The van der Waals surface area contributed by atoms with Crippen LogP contribution in [0.3, 0.4) is 0 Å². The van der Waals surface area contributed by atoms with Crippen LogP contribution in [0.4, 0.5) is 19.4 Å². The van der Waals surface area contributed by atoms with E-state index in [1.807, 2.05) is 0 Å². The Kier molecular flexibility index (Phi) is 3.92. The second kappa shape index (κ2) is 4.54. The van der Waals surface area contributed by atoms with Gasteiger partial charge in [-0.1, -0.05) is 49.8 Å². The molecule has 0 fully saturated rings. The fourth-order valence-corrected chi connectivity index (χ4v) is 2.85. The first-order valence-electron chi connectivity index (χ1n) is 4.94. The van der Waals surface area contributed by atoms with E-state index in [0.717, 1.165) is 5.56 Å². The summed E-state index contributed by atoms with van der Waals surface area (Å²) in [5, 5.41) is -1.79. The number of hydrogen-bond acceptors (Lipinski definition) is 1. The molecule has 0 N–H and O–H groups in total. The van der Waals surface area contributed by atoms with E-state index in [0.29, 0.717) is 0 Å². The van der Waals surface area contributed by atoms with E-state index < -0.39 is 28.0 Å². The highest BCUT2D eigenvalue weighted by atomic mass is 35.5. The second-order valence-corrected chi connectivity index (χ2v) is 7.10. The molecule has 8 heteroatoms. The largest absolute Gasteiger partial charge is 0.375 e. The molecule has 1 atom stereocenters. The first kappa shape index (κ1) is 15.5. The standard InChI is InChI=1S/C10H12ClF5OS/c11-10(8-18(12,13,14,15)16)7-17-6-9-4-2-1-3-5-9/h1-5,10H,6-8H2. The third-order valence-corrected chi connectivity index (χ3v) is 3.40. The van der Waals surface area contributed by atoms with Gasteiger partial charge in [0, 0.05) is 0 Å². The minimum absolute atomic E-state index is 0.0321. The summed E-state index contributed by atoms with van der Waals surface area (Å²) >= 11 is 5.22. The molecule has 0 spiro atoms. The molecule has 1 nitrogen and oxygen atoms in total. The van der Waals surface area contributed by atoms with E-state index in [1.54, 1.807) is 30.3 Å². The number of benzene rings is 1. The first-order chi connectivity index (χ1) is 7.95. The van der Waals surface area contributed by atoms with Crippen molar-refractivity contribution < 1.29 is 24.2 Å². The molecule has 1 rings (SSSR count). The van der Waals surface area contributed by atoms with Gasteiger partial charge in [-0.15, -0.1) is 11.6 Å². The van der Waals surface area contributed by atoms with Crippen molar-refractivity contribution in [3.8, 4) is 0 Å². The fraction of sp³-hybridized carbons (Fsp3) is 0.400. The number of rotatable bonds is 6. The van der Waals surface area contributed by atoms with Gasteiger partial charge >= 0.3 is 0 Å². The molecule has 0 radical (unpaired) electrons. The number of alkyl halides is 1. The summed E-state index contributed by atoms with van der Waals surface area (Å²) in [6, 6.07) is 8.63. The molecule has 0 saturated carbocycles. The predicted octanol–water partition coefficient (Wildman–Crippen LogP) is 5.11.